The minimum absolute atomic E-state index is 0.554. The van der Waals surface area contributed by atoms with Crippen molar-refractivity contribution in [3.05, 3.63) is 21.7 Å². The van der Waals surface area contributed by atoms with E-state index in [0.717, 1.165) is 35.5 Å². The van der Waals surface area contributed by atoms with Crippen LogP contribution in [0.1, 0.15) is 36.8 Å². The van der Waals surface area contributed by atoms with Crippen molar-refractivity contribution in [2.45, 2.75) is 32.1 Å². The molecule has 4 heteroatoms. The number of nitrogens with one attached hydrogen (secondary N) is 1. The van der Waals surface area contributed by atoms with Gasteiger partial charge in [-0.25, -0.2) is 0 Å². The molecular weight excluding hydrogens is 306 g/mol. The summed E-state index contributed by atoms with van der Waals surface area (Å²) < 4.78 is 12.1. The Morgan fingerprint density at radius 1 is 1.37 bits per heavy atom. The van der Waals surface area contributed by atoms with Crippen molar-refractivity contribution in [3.63, 3.8) is 0 Å². The van der Waals surface area contributed by atoms with Crippen LogP contribution in [0.5, 0.6) is 11.5 Å². The van der Waals surface area contributed by atoms with Gasteiger partial charge in [-0.1, -0.05) is 22.9 Å². The van der Waals surface area contributed by atoms with Gasteiger partial charge in [0.2, 0.25) is 0 Å². The largest absolute Gasteiger partial charge is 0.493 e. The van der Waals surface area contributed by atoms with Crippen LogP contribution in [0.3, 0.4) is 0 Å². The second kappa shape index (κ2) is 6.62. The Bertz CT molecular complexity index is 442. The topological polar surface area (TPSA) is 30.5 Å². The number of hydrogen-bond donors (Lipinski definition) is 1. The Labute approximate surface area is 123 Å². The molecule has 1 saturated heterocycles. The van der Waals surface area contributed by atoms with E-state index < -0.39 is 0 Å². The molecule has 1 atom stereocenters. The first kappa shape index (κ1) is 14.7. The lowest BCUT2D eigenvalue weighted by Gasteiger charge is -2.28. The van der Waals surface area contributed by atoms with E-state index in [4.69, 9.17) is 9.47 Å². The third-order valence-corrected chi connectivity index (χ3v) is 4.48. The molecule has 0 aliphatic carbocycles. The van der Waals surface area contributed by atoms with Gasteiger partial charge in [-0.2, -0.15) is 0 Å². The van der Waals surface area contributed by atoms with E-state index in [1.54, 1.807) is 14.2 Å². The summed E-state index contributed by atoms with van der Waals surface area (Å²) in [5, 5.41) is 3.49. The molecule has 3 nitrogen and oxygen atoms in total. The van der Waals surface area contributed by atoms with Crippen molar-refractivity contribution in [2.75, 3.05) is 27.3 Å². The Balaban J connectivity index is 2.51. The highest BCUT2D eigenvalue weighted by atomic mass is 79.9. The van der Waals surface area contributed by atoms with Gasteiger partial charge in [-0.15, -0.1) is 0 Å². The monoisotopic (exact) mass is 327 g/mol. The third kappa shape index (κ3) is 2.90. The van der Waals surface area contributed by atoms with Crippen LogP contribution in [-0.2, 0) is 6.42 Å². The van der Waals surface area contributed by atoms with E-state index >= 15 is 0 Å². The molecular formula is C15H22BrNO2. The molecule has 1 unspecified atom stereocenters. The molecule has 1 fully saturated rings. The van der Waals surface area contributed by atoms with Gasteiger partial charge in [0.15, 0.2) is 11.5 Å². The van der Waals surface area contributed by atoms with E-state index in [-0.39, 0.29) is 0 Å². The summed E-state index contributed by atoms with van der Waals surface area (Å²) in [6, 6.07) is 2.03. The van der Waals surface area contributed by atoms with E-state index in [9.17, 15) is 0 Å². The molecule has 1 aromatic carbocycles. The van der Waals surface area contributed by atoms with Crippen molar-refractivity contribution < 1.29 is 9.47 Å². The van der Waals surface area contributed by atoms with E-state index in [2.05, 4.69) is 28.2 Å². The molecule has 1 N–H and O–H groups in total. The van der Waals surface area contributed by atoms with Gasteiger partial charge in [0.1, 0.15) is 0 Å². The van der Waals surface area contributed by atoms with Crippen molar-refractivity contribution in [1.29, 1.82) is 0 Å². The number of methoxy groups -OCH3 is 2. The summed E-state index contributed by atoms with van der Waals surface area (Å²) in [5.41, 5.74) is 2.65. The highest BCUT2D eigenvalue weighted by Gasteiger charge is 2.24. The van der Waals surface area contributed by atoms with Crippen LogP contribution in [0.2, 0.25) is 0 Å². The zero-order valence-electron chi connectivity index (χ0n) is 11.9. The minimum Gasteiger partial charge on any atom is -0.493 e. The average molecular weight is 328 g/mol. The van der Waals surface area contributed by atoms with Crippen molar-refractivity contribution >= 4 is 15.9 Å². The van der Waals surface area contributed by atoms with Crippen LogP contribution in [0.4, 0.5) is 0 Å². The van der Waals surface area contributed by atoms with Crippen LogP contribution in [0, 0.1) is 0 Å². The van der Waals surface area contributed by atoms with E-state index in [0.29, 0.717) is 5.92 Å². The molecule has 1 aliphatic heterocycles. The average Bonchev–Trinajstić information content (AvgIpc) is 2.46. The zero-order valence-corrected chi connectivity index (χ0v) is 13.5. The highest BCUT2D eigenvalue weighted by molar-refractivity contribution is 9.10. The minimum atomic E-state index is 0.554. The maximum atomic E-state index is 5.58. The highest BCUT2D eigenvalue weighted by Crippen LogP contribution is 2.43. The lowest BCUT2D eigenvalue weighted by atomic mass is 9.87. The molecule has 0 saturated carbocycles. The van der Waals surface area contributed by atoms with Gasteiger partial charge in [-0.05, 0) is 43.4 Å². The van der Waals surface area contributed by atoms with Crippen LogP contribution in [0.25, 0.3) is 0 Å². The molecule has 1 heterocycles. The fourth-order valence-corrected chi connectivity index (χ4v) is 3.71. The first-order valence-electron chi connectivity index (χ1n) is 6.86. The normalized spacial score (nSPS) is 19.3. The second-order valence-electron chi connectivity index (χ2n) is 4.88. The predicted molar refractivity (Wildman–Crippen MR) is 81.5 cm³/mol. The lowest BCUT2D eigenvalue weighted by molar-refractivity contribution is 0.349. The van der Waals surface area contributed by atoms with Crippen LogP contribution >= 0.6 is 15.9 Å². The van der Waals surface area contributed by atoms with Gasteiger partial charge < -0.3 is 14.8 Å². The fraction of sp³-hybridized carbons (Fsp3) is 0.600. The lowest BCUT2D eigenvalue weighted by Crippen LogP contribution is -2.29. The molecule has 106 valence electrons. The van der Waals surface area contributed by atoms with Crippen molar-refractivity contribution in [2.24, 2.45) is 0 Å². The first-order chi connectivity index (χ1) is 9.22. The summed E-state index contributed by atoms with van der Waals surface area (Å²) in [7, 11) is 3.40. The van der Waals surface area contributed by atoms with Gasteiger partial charge in [-0.3, -0.25) is 0 Å². The molecule has 0 aromatic heterocycles. The number of benzene rings is 1. The standard InChI is InChI=1S/C15H22BrNO2/c1-4-11-14(10-6-5-7-17-9-10)12(16)8-13(18-2)15(11)19-3/h8,10,17H,4-7,9H2,1-3H3. The smallest absolute Gasteiger partial charge is 0.164 e. The van der Waals surface area contributed by atoms with Crippen LogP contribution < -0.4 is 14.8 Å². The van der Waals surface area contributed by atoms with Gasteiger partial charge in [0.05, 0.1) is 14.2 Å². The Hall–Kier alpha value is -0.740. The Morgan fingerprint density at radius 2 is 2.16 bits per heavy atom. The molecule has 1 aliphatic rings. The number of piperidine rings is 1. The number of rotatable bonds is 4. The first-order valence-corrected chi connectivity index (χ1v) is 7.66. The quantitative estimate of drug-likeness (QED) is 0.918. The van der Waals surface area contributed by atoms with Crippen LogP contribution in [-0.4, -0.2) is 27.3 Å². The molecule has 2 rings (SSSR count). The van der Waals surface area contributed by atoms with E-state index in [1.165, 1.54) is 24.0 Å². The Morgan fingerprint density at radius 3 is 2.68 bits per heavy atom. The summed E-state index contributed by atoms with van der Waals surface area (Å²) in [6.07, 6.45) is 3.41. The SMILES string of the molecule is CCc1c(OC)c(OC)cc(Br)c1C1CCCNC1. The van der Waals surface area contributed by atoms with Crippen LogP contribution in [0.15, 0.2) is 10.5 Å². The van der Waals surface area contributed by atoms with Gasteiger partial charge >= 0.3 is 0 Å². The zero-order chi connectivity index (χ0) is 13.8. The molecule has 1 aromatic rings. The summed E-state index contributed by atoms with van der Waals surface area (Å²) in [4.78, 5) is 0. The number of ether oxygens (including phenoxy) is 2. The van der Waals surface area contributed by atoms with E-state index in [1.807, 2.05) is 6.07 Å². The van der Waals surface area contributed by atoms with Gasteiger partial charge in [0, 0.05) is 16.6 Å². The third-order valence-electron chi connectivity index (χ3n) is 3.82. The van der Waals surface area contributed by atoms with Gasteiger partial charge in [0.25, 0.3) is 0 Å². The Kier molecular flexibility index (Phi) is 5.11. The summed E-state index contributed by atoms with van der Waals surface area (Å²) in [6.45, 7) is 4.34. The molecule has 0 spiro atoms. The van der Waals surface area contributed by atoms with Crippen molar-refractivity contribution in [1.82, 2.24) is 5.32 Å². The summed E-state index contributed by atoms with van der Waals surface area (Å²) >= 11 is 3.72. The predicted octanol–water partition coefficient (Wildman–Crippen LogP) is 3.50. The molecule has 0 bridgehead atoms. The molecule has 0 amide bonds. The number of halogens is 1. The molecule has 19 heavy (non-hydrogen) atoms. The maximum Gasteiger partial charge on any atom is 0.164 e. The second-order valence-corrected chi connectivity index (χ2v) is 5.74. The van der Waals surface area contributed by atoms with Crippen molar-refractivity contribution in [3.8, 4) is 11.5 Å². The maximum absolute atomic E-state index is 5.58. The number of hydrogen-bond acceptors (Lipinski definition) is 3. The molecule has 0 radical (unpaired) electrons. The summed E-state index contributed by atoms with van der Waals surface area (Å²) in [5.74, 6) is 2.24. The fourth-order valence-electron chi connectivity index (χ4n) is 2.94.